The Morgan fingerprint density at radius 2 is 2.15 bits per heavy atom. The van der Waals surface area contributed by atoms with E-state index in [4.69, 9.17) is 14.7 Å². The Bertz CT molecular complexity index is 617. The van der Waals surface area contributed by atoms with Gasteiger partial charge in [0.25, 0.3) is 0 Å². The Balaban J connectivity index is 2.05. The van der Waals surface area contributed by atoms with Crippen molar-refractivity contribution >= 4 is 17.0 Å². The van der Waals surface area contributed by atoms with Crippen LogP contribution < -0.4 is 14.8 Å². The van der Waals surface area contributed by atoms with E-state index < -0.39 is 0 Å². The van der Waals surface area contributed by atoms with Gasteiger partial charge < -0.3 is 14.8 Å². The van der Waals surface area contributed by atoms with Gasteiger partial charge in [0, 0.05) is 28.6 Å². The highest BCUT2D eigenvalue weighted by Crippen LogP contribution is 2.30. The van der Waals surface area contributed by atoms with E-state index in [1.165, 1.54) is 0 Å². The molecule has 1 aromatic carbocycles. The van der Waals surface area contributed by atoms with Crippen molar-refractivity contribution in [1.29, 1.82) is 5.26 Å². The van der Waals surface area contributed by atoms with Crippen LogP contribution in [0.15, 0.2) is 29.6 Å². The zero-order valence-corrected chi connectivity index (χ0v) is 12.3. The number of ether oxygens (including phenoxy) is 2. The molecule has 20 heavy (non-hydrogen) atoms. The highest BCUT2D eigenvalue weighted by molar-refractivity contribution is 7.10. The van der Waals surface area contributed by atoms with Gasteiger partial charge >= 0.3 is 0 Å². The van der Waals surface area contributed by atoms with E-state index in [2.05, 4.69) is 11.4 Å². The van der Waals surface area contributed by atoms with Crippen LogP contribution >= 0.6 is 11.3 Å². The molecule has 1 N–H and O–H groups in total. The van der Waals surface area contributed by atoms with Crippen molar-refractivity contribution in [2.45, 2.75) is 13.5 Å². The minimum atomic E-state index is 0.594. The number of hydrogen-bond acceptors (Lipinski definition) is 5. The number of rotatable bonds is 6. The third kappa shape index (κ3) is 3.43. The van der Waals surface area contributed by atoms with Gasteiger partial charge in [0.05, 0.1) is 19.3 Å². The summed E-state index contributed by atoms with van der Waals surface area (Å²) in [4.78, 5) is 1.12. The highest BCUT2D eigenvalue weighted by atomic mass is 32.1. The van der Waals surface area contributed by atoms with Crippen molar-refractivity contribution in [3.63, 3.8) is 0 Å². The second kappa shape index (κ2) is 6.83. The molecule has 0 atom stereocenters. The summed E-state index contributed by atoms with van der Waals surface area (Å²) in [6.45, 7) is 3.22. The van der Waals surface area contributed by atoms with Crippen LogP contribution in [0.5, 0.6) is 11.5 Å². The zero-order chi connectivity index (χ0) is 14.4. The van der Waals surface area contributed by atoms with Crippen molar-refractivity contribution in [3.05, 3.63) is 40.1 Å². The summed E-state index contributed by atoms with van der Waals surface area (Å²) in [5.41, 5.74) is 1.66. The molecule has 104 valence electrons. The molecule has 0 aliphatic carbocycles. The lowest BCUT2D eigenvalue weighted by atomic mass is 10.2. The van der Waals surface area contributed by atoms with E-state index in [9.17, 15) is 0 Å². The molecular formula is C15H16N2O2S. The van der Waals surface area contributed by atoms with Crippen LogP contribution in [0.25, 0.3) is 0 Å². The minimum absolute atomic E-state index is 0.594. The molecule has 2 aromatic rings. The maximum Gasteiger partial charge on any atom is 0.163 e. The smallest absolute Gasteiger partial charge is 0.163 e. The Labute approximate surface area is 122 Å². The van der Waals surface area contributed by atoms with Gasteiger partial charge in [-0.2, -0.15) is 5.26 Å². The molecule has 4 nitrogen and oxygen atoms in total. The lowest BCUT2D eigenvalue weighted by Gasteiger charge is -2.12. The standard InChI is InChI=1S/C15H16N2O2S/c1-3-19-15-7-12(4-5-14(15)18-2)17-9-13-6-11(8-16)10-20-13/h4-7,10,17H,3,9H2,1-2H3. The molecule has 5 heteroatoms. The minimum Gasteiger partial charge on any atom is -0.493 e. The summed E-state index contributed by atoms with van der Waals surface area (Å²) in [6.07, 6.45) is 0. The predicted molar refractivity (Wildman–Crippen MR) is 80.5 cm³/mol. The summed E-state index contributed by atoms with van der Waals surface area (Å²) in [5.74, 6) is 1.45. The maximum atomic E-state index is 8.80. The van der Waals surface area contributed by atoms with Crippen molar-refractivity contribution < 1.29 is 9.47 Å². The largest absolute Gasteiger partial charge is 0.493 e. The van der Waals surface area contributed by atoms with Gasteiger partial charge in [-0.25, -0.2) is 0 Å². The zero-order valence-electron chi connectivity index (χ0n) is 11.5. The number of nitrogens with zero attached hydrogens (tertiary/aromatic N) is 1. The molecule has 1 heterocycles. The molecule has 0 aliphatic rings. The lowest BCUT2D eigenvalue weighted by Crippen LogP contribution is -2.00. The molecule has 0 amide bonds. The molecule has 0 fully saturated rings. The molecule has 0 aliphatic heterocycles. The predicted octanol–water partition coefficient (Wildman–Crippen LogP) is 3.64. The summed E-state index contributed by atoms with van der Waals surface area (Å²) >= 11 is 1.57. The number of anilines is 1. The van der Waals surface area contributed by atoms with Crippen molar-refractivity contribution in [3.8, 4) is 17.6 Å². The van der Waals surface area contributed by atoms with Crippen LogP contribution in [0.1, 0.15) is 17.4 Å². The molecule has 2 rings (SSSR count). The van der Waals surface area contributed by atoms with Crippen LogP contribution in [0, 0.1) is 11.3 Å². The molecule has 1 aromatic heterocycles. The lowest BCUT2D eigenvalue weighted by molar-refractivity contribution is 0.311. The number of nitriles is 1. The van der Waals surface area contributed by atoms with E-state index in [1.54, 1.807) is 18.4 Å². The summed E-state index contributed by atoms with van der Waals surface area (Å²) in [5, 5.41) is 14.0. The third-order valence-electron chi connectivity index (χ3n) is 2.71. The Morgan fingerprint density at radius 1 is 1.30 bits per heavy atom. The fourth-order valence-corrected chi connectivity index (χ4v) is 2.53. The highest BCUT2D eigenvalue weighted by Gasteiger charge is 2.05. The second-order valence-corrected chi connectivity index (χ2v) is 5.06. The van der Waals surface area contributed by atoms with Gasteiger partial charge in [-0.3, -0.25) is 0 Å². The van der Waals surface area contributed by atoms with Crippen LogP contribution in [-0.2, 0) is 6.54 Å². The van der Waals surface area contributed by atoms with Gasteiger partial charge in [0.1, 0.15) is 6.07 Å². The van der Waals surface area contributed by atoms with E-state index in [-0.39, 0.29) is 0 Å². The number of thiophene rings is 1. The van der Waals surface area contributed by atoms with Gasteiger partial charge in [0.15, 0.2) is 11.5 Å². The van der Waals surface area contributed by atoms with Crippen LogP contribution in [0.4, 0.5) is 5.69 Å². The first kappa shape index (κ1) is 14.2. The van der Waals surface area contributed by atoms with Crippen molar-refractivity contribution in [2.24, 2.45) is 0 Å². The fraction of sp³-hybridized carbons (Fsp3) is 0.267. The van der Waals surface area contributed by atoms with E-state index >= 15 is 0 Å². The van der Waals surface area contributed by atoms with E-state index in [0.717, 1.165) is 22.1 Å². The number of benzene rings is 1. The van der Waals surface area contributed by atoms with E-state index in [1.807, 2.05) is 36.6 Å². The first-order valence-corrected chi connectivity index (χ1v) is 7.17. The molecule has 0 spiro atoms. The molecule has 0 saturated carbocycles. The Hall–Kier alpha value is -2.19. The molecular weight excluding hydrogens is 272 g/mol. The first-order valence-electron chi connectivity index (χ1n) is 6.29. The monoisotopic (exact) mass is 288 g/mol. The molecule has 0 radical (unpaired) electrons. The summed E-state index contributed by atoms with van der Waals surface area (Å²) in [6, 6.07) is 9.77. The molecule has 0 saturated heterocycles. The van der Waals surface area contributed by atoms with Gasteiger partial charge in [-0.15, -0.1) is 11.3 Å². The average Bonchev–Trinajstić information content (AvgIpc) is 2.94. The van der Waals surface area contributed by atoms with E-state index in [0.29, 0.717) is 18.7 Å². The maximum absolute atomic E-state index is 8.80. The van der Waals surface area contributed by atoms with Gasteiger partial charge in [-0.05, 0) is 25.1 Å². The molecule has 0 bridgehead atoms. The Morgan fingerprint density at radius 3 is 2.80 bits per heavy atom. The number of hydrogen-bond donors (Lipinski definition) is 1. The second-order valence-electron chi connectivity index (χ2n) is 4.07. The Kier molecular flexibility index (Phi) is 4.85. The summed E-state index contributed by atoms with van der Waals surface area (Å²) in [7, 11) is 1.63. The quantitative estimate of drug-likeness (QED) is 0.881. The van der Waals surface area contributed by atoms with Gasteiger partial charge in [0.2, 0.25) is 0 Å². The topological polar surface area (TPSA) is 54.3 Å². The van der Waals surface area contributed by atoms with Crippen LogP contribution in [0.2, 0.25) is 0 Å². The van der Waals surface area contributed by atoms with Gasteiger partial charge in [-0.1, -0.05) is 0 Å². The summed E-state index contributed by atoms with van der Waals surface area (Å²) < 4.78 is 10.8. The number of methoxy groups -OCH3 is 1. The first-order chi connectivity index (χ1) is 9.76. The SMILES string of the molecule is CCOc1cc(NCc2cc(C#N)cs2)ccc1OC. The van der Waals surface area contributed by atoms with Crippen molar-refractivity contribution in [1.82, 2.24) is 0 Å². The molecule has 0 unspecified atom stereocenters. The number of nitrogens with one attached hydrogen (secondary N) is 1. The average molecular weight is 288 g/mol. The third-order valence-corrected chi connectivity index (χ3v) is 3.65. The van der Waals surface area contributed by atoms with Crippen LogP contribution in [0.3, 0.4) is 0 Å². The normalized spacial score (nSPS) is 9.85. The van der Waals surface area contributed by atoms with Crippen LogP contribution in [-0.4, -0.2) is 13.7 Å². The van der Waals surface area contributed by atoms with Crippen molar-refractivity contribution in [2.75, 3.05) is 19.0 Å². The fourth-order valence-electron chi connectivity index (χ4n) is 1.78.